The fraction of sp³-hybridized carbons (Fsp3) is 0. The van der Waals surface area contributed by atoms with Crippen LogP contribution in [0.3, 0.4) is 0 Å². The monoisotopic (exact) mass is 376 g/mol. The lowest BCUT2D eigenvalue weighted by Crippen LogP contribution is -1.98. The Labute approximate surface area is 159 Å². The Morgan fingerprint density at radius 1 is 1.00 bits per heavy atom. The van der Waals surface area contributed by atoms with Gasteiger partial charge in [-0.05, 0) is 42.0 Å². The second kappa shape index (κ2) is 7.01. The number of hydrogen-bond donors (Lipinski definition) is 2. The van der Waals surface area contributed by atoms with Crippen molar-refractivity contribution in [3.63, 3.8) is 0 Å². The van der Waals surface area contributed by atoms with Crippen molar-refractivity contribution in [3.8, 4) is 11.1 Å². The number of benzene rings is 2. The van der Waals surface area contributed by atoms with Crippen LogP contribution in [0.1, 0.15) is 10.4 Å². The maximum atomic E-state index is 11.2. The van der Waals surface area contributed by atoms with Crippen LogP contribution >= 0.6 is 11.6 Å². The molecule has 132 valence electrons. The topological polar surface area (TPSA) is 88.0 Å². The Balaban J connectivity index is 1.79. The number of fused-ring (bicyclic) bond motifs is 1. The second-order valence-corrected chi connectivity index (χ2v) is 6.29. The van der Waals surface area contributed by atoms with Crippen LogP contribution in [0.2, 0.25) is 5.02 Å². The van der Waals surface area contributed by atoms with Crippen molar-refractivity contribution in [1.82, 2.24) is 15.0 Å². The summed E-state index contributed by atoms with van der Waals surface area (Å²) in [6.45, 7) is 0. The van der Waals surface area contributed by atoms with Crippen molar-refractivity contribution in [2.75, 3.05) is 5.32 Å². The molecule has 2 N–H and O–H groups in total. The summed E-state index contributed by atoms with van der Waals surface area (Å²) in [4.78, 5) is 23.9. The molecule has 0 fully saturated rings. The van der Waals surface area contributed by atoms with Gasteiger partial charge in [-0.25, -0.2) is 14.8 Å². The molecule has 0 saturated carbocycles. The van der Waals surface area contributed by atoms with Crippen molar-refractivity contribution in [3.05, 3.63) is 77.8 Å². The summed E-state index contributed by atoms with van der Waals surface area (Å²) < 4.78 is 0. The molecule has 7 heteroatoms. The molecular weight excluding hydrogens is 364 g/mol. The molecule has 27 heavy (non-hydrogen) atoms. The first-order valence-electron chi connectivity index (χ1n) is 8.06. The molecule has 2 aromatic carbocycles. The molecule has 0 unspecified atom stereocenters. The summed E-state index contributed by atoms with van der Waals surface area (Å²) in [7, 11) is 0. The molecule has 0 radical (unpaired) electrons. The second-order valence-electron chi connectivity index (χ2n) is 5.86. The van der Waals surface area contributed by atoms with Gasteiger partial charge in [0.2, 0.25) is 0 Å². The van der Waals surface area contributed by atoms with E-state index in [1.807, 2.05) is 30.3 Å². The molecule has 6 nitrogen and oxygen atoms in total. The Kier molecular flexibility index (Phi) is 4.40. The SMILES string of the molecule is O=C(O)c1cncc(-c2ccc3ncnc(Nc4cccc(Cl)c4)c3c2)c1. The third-order valence-electron chi connectivity index (χ3n) is 4.04. The molecule has 0 aliphatic rings. The van der Waals surface area contributed by atoms with Gasteiger partial charge in [0.05, 0.1) is 11.1 Å². The first-order valence-corrected chi connectivity index (χ1v) is 8.44. The van der Waals surface area contributed by atoms with E-state index in [0.29, 0.717) is 16.4 Å². The van der Waals surface area contributed by atoms with Gasteiger partial charge < -0.3 is 10.4 Å². The zero-order chi connectivity index (χ0) is 18.8. The zero-order valence-corrected chi connectivity index (χ0v) is 14.7. The average Bonchev–Trinajstić information content (AvgIpc) is 2.68. The van der Waals surface area contributed by atoms with Crippen LogP contribution in [0.15, 0.2) is 67.3 Å². The van der Waals surface area contributed by atoms with Crippen LogP contribution in [0.4, 0.5) is 11.5 Å². The lowest BCUT2D eigenvalue weighted by molar-refractivity contribution is 0.0696. The van der Waals surface area contributed by atoms with Crippen LogP contribution in [-0.2, 0) is 0 Å². The quantitative estimate of drug-likeness (QED) is 0.532. The van der Waals surface area contributed by atoms with Crippen molar-refractivity contribution in [1.29, 1.82) is 0 Å². The molecule has 0 bridgehead atoms. The highest BCUT2D eigenvalue weighted by Crippen LogP contribution is 2.29. The molecule has 0 aliphatic heterocycles. The normalized spacial score (nSPS) is 10.7. The Hall–Kier alpha value is -3.51. The van der Waals surface area contributed by atoms with Crippen molar-refractivity contribution < 1.29 is 9.90 Å². The third kappa shape index (κ3) is 3.56. The molecular formula is C20H13ClN4O2. The Bertz CT molecular complexity index is 1160. The van der Waals surface area contributed by atoms with Gasteiger partial charge >= 0.3 is 5.97 Å². The van der Waals surface area contributed by atoms with Crippen molar-refractivity contribution in [2.45, 2.75) is 0 Å². The van der Waals surface area contributed by atoms with Crippen LogP contribution in [0.25, 0.3) is 22.0 Å². The van der Waals surface area contributed by atoms with E-state index in [0.717, 1.165) is 22.2 Å². The molecule has 0 saturated heterocycles. The van der Waals surface area contributed by atoms with Crippen LogP contribution < -0.4 is 5.32 Å². The van der Waals surface area contributed by atoms with Crippen LogP contribution in [0, 0.1) is 0 Å². The van der Waals surface area contributed by atoms with Gasteiger partial charge in [0.15, 0.2) is 0 Å². The summed E-state index contributed by atoms with van der Waals surface area (Å²) in [6, 6.07) is 14.6. The number of halogens is 1. The predicted octanol–water partition coefficient (Wildman–Crippen LogP) is 4.79. The van der Waals surface area contributed by atoms with E-state index in [1.165, 1.54) is 12.5 Å². The summed E-state index contributed by atoms with van der Waals surface area (Å²) in [6.07, 6.45) is 4.44. The number of aromatic nitrogens is 3. The number of hydrogen-bond acceptors (Lipinski definition) is 5. The number of nitrogens with zero attached hydrogens (tertiary/aromatic N) is 3. The van der Waals surface area contributed by atoms with E-state index in [-0.39, 0.29) is 5.56 Å². The Morgan fingerprint density at radius 2 is 1.89 bits per heavy atom. The molecule has 4 aromatic rings. The molecule has 0 atom stereocenters. The van der Waals surface area contributed by atoms with Gasteiger partial charge in [-0.2, -0.15) is 0 Å². The number of anilines is 2. The van der Waals surface area contributed by atoms with Gasteiger partial charge in [-0.3, -0.25) is 4.98 Å². The fourth-order valence-electron chi connectivity index (χ4n) is 2.75. The Morgan fingerprint density at radius 3 is 2.70 bits per heavy atom. The minimum Gasteiger partial charge on any atom is -0.478 e. The molecule has 0 spiro atoms. The van der Waals surface area contributed by atoms with Gasteiger partial charge in [0.25, 0.3) is 0 Å². The van der Waals surface area contributed by atoms with E-state index in [9.17, 15) is 9.90 Å². The number of carboxylic acid groups (broad SMARTS) is 1. The van der Waals surface area contributed by atoms with E-state index < -0.39 is 5.97 Å². The highest BCUT2D eigenvalue weighted by Gasteiger charge is 2.09. The van der Waals surface area contributed by atoms with Crippen LogP contribution in [0.5, 0.6) is 0 Å². The van der Waals surface area contributed by atoms with Gasteiger partial charge in [0.1, 0.15) is 12.1 Å². The number of carbonyl (C=O) groups is 1. The number of aromatic carboxylic acids is 1. The first-order chi connectivity index (χ1) is 13.1. The summed E-state index contributed by atoms with van der Waals surface area (Å²) >= 11 is 6.05. The standard InChI is InChI=1S/C20H13ClN4O2/c21-15-2-1-3-16(8-15)25-19-17-7-12(4-5-18(17)23-11-24-19)13-6-14(20(26)27)10-22-9-13/h1-11H,(H,26,27)(H,23,24,25). The van der Waals surface area contributed by atoms with E-state index in [4.69, 9.17) is 11.6 Å². The van der Waals surface area contributed by atoms with E-state index >= 15 is 0 Å². The van der Waals surface area contributed by atoms with E-state index in [1.54, 1.807) is 24.4 Å². The van der Waals surface area contributed by atoms with Gasteiger partial charge in [0, 0.05) is 34.1 Å². The summed E-state index contributed by atoms with van der Waals surface area (Å²) in [5.74, 6) is -0.386. The number of nitrogens with one attached hydrogen (secondary N) is 1. The predicted molar refractivity (Wildman–Crippen MR) is 104 cm³/mol. The third-order valence-corrected chi connectivity index (χ3v) is 4.28. The summed E-state index contributed by atoms with van der Waals surface area (Å²) in [5.41, 5.74) is 3.23. The molecule has 0 aliphatic carbocycles. The number of rotatable bonds is 4. The van der Waals surface area contributed by atoms with Crippen LogP contribution in [-0.4, -0.2) is 26.0 Å². The summed E-state index contributed by atoms with van der Waals surface area (Å²) in [5, 5.41) is 13.9. The maximum absolute atomic E-state index is 11.2. The smallest absolute Gasteiger partial charge is 0.337 e. The molecule has 2 aromatic heterocycles. The van der Waals surface area contributed by atoms with E-state index in [2.05, 4.69) is 20.3 Å². The van der Waals surface area contributed by atoms with Gasteiger partial charge in [-0.15, -0.1) is 0 Å². The molecule has 2 heterocycles. The lowest BCUT2D eigenvalue weighted by Gasteiger charge is -2.10. The van der Waals surface area contributed by atoms with Crippen molar-refractivity contribution >= 4 is 40.0 Å². The lowest BCUT2D eigenvalue weighted by atomic mass is 10.0. The largest absolute Gasteiger partial charge is 0.478 e. The highest BCUT2D eigenvalue weighted by atomic mass is 35.5. The average molecular weight is 377 g/mol. The minimum absolute atomic E-state index is 0.134. The highest BCUT2D eigenvalue weighted by molar-refractivity contribution is 6.30. The molecule has 4 rings (SSSR count). The number of pyridine rings is 1. The van der Waals surface area contributed by atoms with Crippen molar-refractivity contribution in [2.24, 2.45) is 0 Å². The molecule has 0 amide bonds. The maximum Gasteiger partial charge on any atom is 0.337 e. The number of carboxylic acids is 1. The first kappa shape index (κ1) is 16.9. The fourth-order valence-corrected chi connectivity index (χ4v) is 2.94. The minimum atomic E-state index is -1.02. The van der Waals surface area contributed by atoms with Gasteiger partial charge in [-0.1, -0.05) is 23.7 Å². The zero-order valence-electron chi connectivity index (χ0n) is 13.9.